The lowest BCUT2D eigenvalue weighted by molar-refractivity contribution is 0.0597. The molecule has 0 amide bonds. The Hall–Kier alpha value is -2.06. The van der Waals surface area contributed by atoms with Crippen LogP contribution in [0.25, 0.3) is 0 Å². The van der Waals surface area contributed by atoms with E-state index in [4.69, 9.17) is 11.0 Å². The molecule has 0 aliphatic rings. The second kappa shape index (κ2) is 4.44. The third-order valence-electron chi connectivity index (χ3n) is 1.94. The van der Waals surface area contributed by atoms with Gasteiger partial charge in [-0.1, -0.05) is 0 Å². The average molecular weight is 206 g/mol. The quantitative estimate of drug-likeness (QED) is 0.687. The first-order valence-electron chi connectivity index (χ1n) is 4.18. The van der Waals surface area contributed by atoms with Crippen LogP contribution in [0, 0.1) is 11.3 Å². The number of nitriles is 1. The van der Waals surface area contributed by atoms with Crippen LogP contribution in [-0.2, 0) is 11.3 Å². The van der Waals surface area contributed by atoms with Gasteiger partial charge in [-0.2, -0.15) is 5.26 Å². The van der Waals surface area contributed by atoms with Gasteiger partial charge in [-0.05, 0) is 12.1 Å². The molecule has 0 aromatic heterocycles. The Morgan fingerprint density at radius 2 is 2.33 bits per heavy atom. The van der Waals surface area contributed by atoms with E-state index < -0.39 is 5.97 Å². The number of methoxy groups -OCH3 is 1. The zero-order valence-corrected chi connectivity index (χ0v) is 8.15. The van der Waals surface area contributed by atoms with Crippen LogP contribution < -0.4 is 5.73 Å². The summed E-state index contributed by atoms with van der Waals surface area (Å²) in [6, 6.07) is 4.57. The lowest BCUT2D eigenvalue weighted by atomic mass is 10.0. The monoisotopic (exact) mass is 206 g/mol. The Morgan fingerprint density at radius 1 is 1.67 bits per heavy atom. The van der Waals surface area contributed by atoms with Gasteiger partial charge in [0.25, 0.3) is 0 Å². The van der Waals surface area contributed by atoms with Crippen LogP contribution in [0.1, 0.15) is 21.5 Å². The fourth-order valence-electron chi connectivity index (χ4n) is 1.18. The molecule has 5 nitrogen and oxygen atoms in total. The van der Waals surface area contributed by atoms with E-state index >= 15 is 0 Å². The maximum atomic E-state index is 11.2. The predicted molar refractivity (Wildman–Crippen MR) is 52.1 cm³/mol. The molecule has 0 saturated carbocycles. The molecule has 0 saturated heterocycles. The molecule has 5 heteroatoms. The van der Waals surface area contributed by atoms with E-state index in [9.17, 15) is 9.90 Å². The molecular formula is C10H10N2O3. The van der Waals surface area contributed by atoms with Gasteiger partial charge < -0.3 is 15.6 Å². The summed E-state index contributed by atoms with van der Waals surface area (Å²) in [6.07, 6.45) is 0. The number of carbonyl (C=O) groups is 1. The van der Waals surface area contributed by atoms with Gasteiger partial charge in [0.05, 0.1) is 18.7 Å². The van der Waals surface area contributed by atoms with Gasteiger partial charge in [0.15, 0.2) is 0 Å². The van der Waals surface area contributed by atoms with E-state index in [1.807, 2.05) is 6.07 Å². The van der Waals surface area contributed by atoms with Crippen LogP contribution in [0.15, 0.2) is 12.1 Å². The van der Waals surface area contributed by atoms with Gasteiger partial charge >= 0.3 is 5.97 Å². The van der Waals surface area contributed by atoms with Crippen LogP contribution in [0.5, 0.6) is 5.75 Å². The summed E-state index contributed by atoms with van der Waals surface area (Å²) < 4.78 is 4.47. The summed E-state index contributed by atoms with van der Waals surface area (Å²) in [5.74, 6) is -0.928. The fraction of sp³-hybridized carbons (Fsp3) is 0.200. The molecule has 78 valence electrons. The lowest BCUT2D eigenvalue weighted by Crippen LogP contribution is -2.06. The number of hydrogen-bond acceptors (Lipinski definition) is 5. The Labute approximate surface area is 86.7 Å². The number of carbonyl (C=O) groups excluding carboxylic acids is 1. The number of phenolic OH excluding ortho intramolecular Hbond substituents is 1. The van der Waals surface area contributed by atoms with E-state index in [2.05, 4.69) is 4.74 Å². The number of ether oxygens (including phenoxy) is 1. The van der Waals surface area contributed by atoms with Crippen molar-refractivity contribution in [3.8, 4) is 11.8 Å². The minimum Gasteiger partial charge on any atom is -0.507 e. The number of esters is 1. The second-order valence-electron chi connectivity index (χ2n) is 2.84. The van der Waals surface area contributed by atoms with Crippen molar-refractivity contribution in [3.63, 3.8) is 0 Å². The fourth-order valence-corrected chi connectivity index (χ4v) is 1.18. The molecule has 0 spiro atoms. The summed E-state index contributed by atoms with van der Waals surface area (Å²) in [5, 5.41) is 18.3. The molecule has 0 heterocycles. The van der Waals surface area contributed by atoms with Gasteiger partial charge in [-0.3, -0.25) is 0 Å². The first-order valence-corrected chi connectivity index (χ1v) is 4.18. The van der Waals surface area contributed by atoms with Crippen molar-refractivity contribution in [1.82, 2.24) is 0 Å². The first-order chi connectivity index (χ1) is 7.13. The van der Waals surface area contributed by atoms with Crippen molar-refractivity contribution in [1.29, 1.82) is 5.26 Å². The van der Waals surface area contributed by atoms with Gasteiger partial charge in [0.1, 0.15) is 11.3 Å². The summed E-state index contributed by atoms with van der Waals surface area (Å²) in [5.41, 5.74) is 5.92. The molecule has 1 aromatic carbocycles. The third-order valence-corrected chi connectivity index (χ3v) is 1.94. The summed E-state index contributed by atoms with van der Waals surface area (Å²) in [7, 11) is 1.20. The van der Waals surface area contributed by atoms with Crippen LogP contribution in [0.4, 0.5) is 0 Å². The molecule has 3 N–H and O–H groups in total. The van der Waals surface area contributed by atoms with E-state index in [0.717, 1.165) is 0 Å². The largest absolute Gasteiger partial charge is 0.507 e. The van der Waals surface area contributed by atoms with Crippen molar-refractivity contribution in [2.45, 2.75) is 6.54 Å². The Bertz CT molecular complexity index is 435. The highest BCUT2D eigenvalue weighted by Gasteiger charge is 2.15. The van der Waals surface area contributed by atoms with E-state index in [1.165, 1.54) is 19.2 Å². The molecule has 15 heavy (non-hydrogen) atoms. The zero-order chi connectivity index (χ0) is 11.4. The van der Waals surface area contributed by atoms with Crippen LogP contribution in [0.2, 0.25) is 0 Å². The summed E-state index contributed by atoms with van der Waals surface area (Å²) in [6.45, 7) is 0.0470. The smallest absolute Gasteiger partial charge is 0.341 e. The van der Waals surface area contributed by atoms with Crippen molar-refractivity contribution in [3.05, 3.63) is 28.8 Å². The standard InChI is InChI=1S/C10H10N2O3/c1-15-10(14)8-3-6(4-11)2-7(5-12)9(8)13/h2-3,13H,5,12H2,1H3. The van der Waals surface area contributed by atoms with Crippen LogP contribution in [0.3, 0.4) is 0 Å². The number of phenols is 1. The number of hydrogen-bond donors (Lipinski definition) is 2. The summed E-state index contributed by atoms with van der Waals surface area (Å²) >= 11 is 0. The minimum absolute atomic E-state index is 0.0444. The third kappa shape index (κ3) is 2.06. The number of nitrogens with zero attached hydrogens (tertiary/aromatic N) is 1. The summed E-state index contributed by atoms with van der Waals surface area (Å²) in [4.78, 5) is 11.2. The highest BCUT2D eigenvalue weighted by atomic mass is 16.5. The highest BCUT2D eigenvalue weighted by Crippen LogP contribution is 2.24. The topological polar surface area (TPSA) is 96.3 Å². The number of nitrogens with two attached hydrogens (primary N) is 1. The molecule has 0 aliphatic carbocycles. The molecule has 0 bridgehead atoms. The Balaban J connectivity index is 3.38. The lowest BCUT2D eigenvalue weighted by Gasteiger charge is -2.07. The van der Waals surface area contributed by atoms with Gasteiger partial charge in [0.2, 0.25) is 0 Å². The predicted octanol–water partition coefficient (Wildman–Crippen LogP) is 0.509. The molecular weight excluding hydrogens is 196 g/mol. The van der Waals surface area contributed by atoms with Crippen LogP contribution >= 0.6 is 0 Å². The van der Waals surface area contributed by atoms with Gasteiger partial charge in [0, 0.05) is 12.1 Å². The SMILES string of the molecule is COC(=O)c1cc(C#N)cc(CN)c1O. The molecule has 1 aromatic rings. The van der Waals surface area contributed by atoms with Crippen molar-refractivity contribution in [2.75, 3.05) is 7.11 Å². The zero-order valence-electron chi connectivity index (χ0n) is 8.15. The van der Waals surface area contributed by atoms with E-state index in [0.29, 0.717) is 5.56 Å². The molecule has 0 fully saturated rings. The maximum Gasteiger partial charge on any atom is 0.341 e. The normalized spacial score (nSPS) is 9.40. The number of rotatable bonds is 2. The van der Waals surface area contributed by atoms with E-state index in [-0.39, 0.29) is 23.4 Å². The van der Waals surface area contributed by atoms with Gasteiger partial charge in [-0.15, -0.1) is 0 Å². The number of aromatic hydroxyl groups is 1. The Morgan fingerprint density at radius 3 is 2.80 bits per heavy atom. The van der Waals surface area contributed by atoms with E-state index in [1.54, 1.807) is 0 Å². The second-order valence-corrected chi connectivity index (χ2v) is 2.84. The van der Waals surface area contributed by atoms with Crippen molar-refractivity contribution < 1.29 is 14.6 Å². The molecule has 0 radical (unpaired) electrons. The average Bonchev–Trinajstić information content (AvgIpc) is 2.28. The molecule has 0 unspecified atom stereocenters. The molecule has 0 aliphatic heterocycles. The van der Waals surface area contributed by atoms with Crippen LogP contribution in [-0.4, -0.2) is 18.2 Å². The first kappa shape index (κ1) is 11.0. The molecule has 1 rings (SSSR count). The molecule has 0 atom stereocenters. The Kier molecular flexibility index (Phi) is 3.26. The van der Waals surface area contributed by atoms with Crippen molar-refractivity contribution >= 4 is 5.97 Å². The highest BCUT2D eigenvalue weighted by molar-refractivity contribution is 5.93. The van der Waals surface area contributed by atoms with Crippen molar-refractivity contribution in [2.24, 2.45) is 5.73 Å². The minimum atomic E-state index is -0.695. The number of benzene rings is 1. The maximum absolute atomic E-state index is 11.2. The van der Waals surface area contributed by atoms with Gasteiger partial charge in [-0.25, -0.2) is 4.79 Å².